The second-order valence-electron chi connectivity index (χ2n) is 5.42. The van der Waals surface area contributed by atoms with Crippen molar-refractivity contribution in [1.29, 1.82) is 0 Å². The molecular weight excluding hydrogens is 362 g/mol. The van der Waals surface area contributed by atoms with Crippen molar-refractivity contribution in [3.05, 3.63) is 68.7 Å². The molecule has 1 unspecified atom stereocenters. The molecule has 0 aliphatic carbocycles. The number of rotatable bonds is 5. The Morgan fingerprint density at radius 3 is 2.38 bits per heavy atom. The van der Waals surface area contributed by atoms with E-state index < -0.39 is 22.8 Å². The van der Waals surface area contributed by atoms with Gasteiger partial charge in [0, 0.05) is 22.7 Å². The molecular formula is C17H16ClN3O5. The van der Waals surface area contributed by atoms with Gasteiger partial charge in [-0.15, -0.1) is 0 Å². The number of hydrogen-bond acceptors (Lipinski definition) is 5. The number of nitrogens with one attached hydrogen (secondary N) is 2. The van der Waals surface area contributed by atoms with Crippen molar-refractivity contribution in [1.82, 2.24) is 10.9 Å². The van der Waals surface area contributed by atoms with Gasteiger partial charge in [0.2, 0.25) is 0 Å². The Hall–Kier alpha value is -3.13. The van der Waals surface area contributed by atoms with Crippen molar-refractivity contribution in [3.8, 4) is 5.75 Å². The van der Waals surface area contributed by atoms with Gasteiger partial charge >= 0.3 is 0 Å². The highest BCUT2D eigenvalue weighted by Gasteiger charge is 2.17. The molecule has 0 heterocycles. The molecule has 136 valence electrons. The number of amides is 2. The zero-order chi connectivity index (χ0) is 19.3. The first kappa shape index (κ1) is 19.2. The smallest absolute Gasteiger partial charge is 0.279 e. The Bertz CT molecular complexity index is 839. The number of nitro groups is 1. The molecule has 0 bridgehead atoms. The second kappa shape index (κ2) is 8.30. The Balaban J connectivity index is 1.90. The Morgan fingerprint density at radius 1 is 1.15 bits per heavy atom. The molecule has 26 heavy (non-hydrogen) atoms. The number of nitrogens with zero attached hydrogens (tertiary/aromatic N) is 1. The quantitative estimate of drug-likeness (QED) is 0.614. The number of halogens is 1. The summed E-state index contributed by atoms with van der Waals surface area (Å²) in [6.45, 7) is 3.32. The van der Waals surface area contributed by atoms with E-state index in [0.717, 1.165) is 5.56 Å². The van der Waals surface area contributed by atoms with Crippen LogP contribution in [0.5, 0.6) is 5.75 Å². The second-order valence-corrected chi connectivity index (χ2v) is 5.85. The van der Waals surface area contributed by atoms with E-state index in [9.17, 15) is 19.7 Å². The summed E-state index contributed by atoms with van der Waals surface area (Å²) in [5.41, 5.74) is 5.28. The SMILES string of the molecule is Cc1cc(Cl)ccc1OC(C)C(=O)NNC(=O)c1ccc([N+](=O)[O-])cc1. The average Bonchev–Trinajstić information content (AvgIpc) is 2.61. The van der Waals surface area contributed by atoms with Crippen LogP contribution in [-0.2, 0) is 4.79 Å². The molecule has 0 aliphatic rings. The lowest BCUT2D eigenvalue weighted by Crippen LogP contribution is -2.47. The summed E-state index contributed by atoms with van der Waals surface area (Å²) in [6.07, 6.45) is -0.868. The predicted octanol–water partition coefficient (Wildman–Crippen LogP) is 2.79. The van der Waals surface area contributed by atoms with Crippen LogP contribution in [0.3, 0.4) is 0 Å². The van der Waals surface area contributed by atoms with Crippen LogP contribution in [-0.4, -0.2) is 22.8 Å². The van der Waals surface area contributed by atoms with Gasteiger partial charge in [-0.1, -0.05) is 11.6 Å². The normalized spacial score (nSPS) is 11.3. The fraction of sp³-hybridized carbons (Fsp3) is 0.176. The lowest BCUT2D eigenvalue weighted by Gasteiger charge is -2.16. The highest BCUT2D eigenvalue weighted by Crippen LogP contribution is 2.22. The number of nitro benzene ring substituents is 1. The first-order valence-electron chi connectivity index (χ1n) is 7.55. The molecule has 0 saturated carbocycles. The number of aryl methyl sites for hydroxylation is 1. The zero-order valence-electron chi connectivity index (χ0n) is 14.0. The van der Waals surface area contributed by atoms with Crippen LogP contribution in [0.4, 0.5) is 5.69 Å². The maximum Gasteiger partial charge on any atom is 0.279 e. The third kappa shape index (κ3) is 4.93. The van der Waals surface area contributed by atoms with Crippen molar-refractivity contribution >= 4 is 29.1 Å². The number of non-ortho nitro benzene ring substituents is 1. The lowest BCUT2D eigenvalue weighted by atomic mass is 10.2. The average molecular weight is 378 g/mol. The molecule has 2 N–H and O–H groups in total. The van der Waals surface area contributed by atoms with E-state index in [0.29, 0.717) is 10.8 Å². The summed E-state index contributed by atoms with van der Waals surface area (Å²) in [5, 5.41) is 11.1. The van der Waals surface area contributed by atoms with Gasteiger partial charge in [-0.05, 0) is 49.7 Å². The summed E-state index contributed by atoms with van der Waals surface area (Å²) in [6, 6.07) is 9.98. The van der Waals surface area contributed by atoms with Crippen LogP contribution in [0.25, 0.3) is 0 Å². The first-order valence-corrected chi connectivity index (χ1v) is 7.93. The van der Waals surface area contributed by atoms with E-state index in [2.05, 4.69) is 10.9 Å². The van der Waals surface area contributed by atoms with Crippen LogP contribution >= 0.6 is 11.6 Å². The van der Waals surface area contributed by atoms with Crippen molar-refractivity contribution in [3.63, 3.8) is 0 Å². The van der Waals surface area contributed by atoms with Crippen molar-refractivity contribution in [2.45, 2.75) is 20.0 Å². The molecule has 2 rings (SSSR count). The zero-order valence-corrected chi connectivity index (χ0v) is 14.7. The summed E-state index contributed by atoms with van der Waals surface area (Å²) in [5.74, 6) is -0.670. The molecule has 0 radical (unpaired) electrons. The standard InChI is InChI=1S/C17H16ClN3O5/c1-10-9-13(18)5-8-15(10)26-11(2)16(22)19-20-17(23)12-3-6-14(7-4-12)21(24)25/h3-9,11H,1-2H3,(H,19,22)(H,20,23). The lowest BCUT2D eigenvalue weighted by molar-refractivity contribution is -0.384. The van der Waals surface area contributed by atoms with Crippen LogP contribution < -0.4 is 15.6 Å². The first-order chi connectivity index (χ1) is 12.3. The topological polar surface area (TPSA) is 111 Å². The number of ether oxygens (including phenoxy) is 1. The van der Waals surface area contributed by atoms with Crippen molar-refractivity contribution < 1.29 is 19.2 Å². The monoisotopic (exact) mass is 377 g/mol. The minimum absolute atomic E-state index is 0.133. The molecule has 0 fully saturated rings. The molecule has 0 spiro atoms. The Kier molecular flexibility index (Phi) is 6.13. The fourth-order valence-electron chi connectivity index (χ4n) is 2.02. The van der Waals surface area contributed by atoms with E-state index in [1.807, 2.05) is 0 Å². The van der Waals surface area contributed by atoms with E-state index in [4.69, 9.17) is 16.3 Å². The Labute approximate surface area is 154 Å². The van der Waals surface area contributed by atoms with Crippen LogP contribution in [0.15, 0.2) is 42.5 Å². The third-order valence-electron chi connectivity index (χ3n) is 3.45. The van der Waals surface area contributed by atoms with Gasteiger partial charge in [-0.2, -0.15) is 0 Å². The summed E-state index contributed by atoms with van der Waals surface area (Å²) in [7, 11) is 0. The van der Waals surface area contributed by atoms with Gasteiger partial charge in [-0.3, -0.25) is 30.6 Å². The minimum atomic E-state index is -0.868. The highest BCUT2D eigenvalue weighted by molar-refractivity contribution is 6.30. The molecule has 0 aliphatic heterocycles. The van der Waals surface area contributed by atoms with Crippen molar-refractivity contribution in [2.75, 3.05) is 0 Å². The van der Waals surface area contributed by atoms with Gasteiger partial charge in [0.15, 0.2) is 6.10 Å². The van der Waals surface area contributed by atoms with E-state index in [1.165, 1.54) is 31.2 Å². The molecule has 2 aromatic carbocycles. The number of benzene rings is 2. The summed E-state index contributed by atoms with van der Waals surface area (Å²) >= 11 is 5.87. The predicted molar refractivity (Wildman–Crippen MR) is 95.0 cm³/mol. The number of hydrogen-bond donors (Lipinski definition) is 2. The van der Waals surface area contributed by atoms with Crippen LogP contribution in [0, 0.1) is 17.0 Å². The molecule has 8 nitrogen and oxygen atoms in total. The number of hydrazine groups is 1. The van der Waals surface area contributed by atoms with Gasteiger partial charge < -0.3 is 4.74 Å². The minimum Gasteiger partial charge on any atom is -0.481 e. The van der Waals surface area contributed by atoms with E-state index in [-0.39, 0.29) is 11.3 Å². The van der Waals surface area contributed by atoms with Gasteiger partial charge in [-0.25, -0.2) is 0 Å². The molecule has 0 aromatic heterocycles. The summed E-state index contributed by atoms with van der Waals surface area (Å²) in [4.78, 5) is 34.0. The van der Waals surface area contributed by atoms with E-state index in [1.54, 1.807) is 25.1 Å². The van der Waals surface area contributed by atoms with E-state index >= 15 is 0 Å². The maximum absolute atomic E-state index is 12.0. The summed E-state index contributed by atoms with van der Waals surface area (Å²) < 4.78 is 5.55. The number of carbonyl (C=O) groups is 2. The van der Waals surface area contributed by atoms with Crippen molar-refractivity contribution in [2.24, 2.45) is 0 Å². The van der Waals surface area contributed by atoms with Crippen LogP contribution in [0.2, 0.25) is 5.02 Å². The molecule has 2 amide bonds. The largest absolute Gasteiger partial charge is 0.481 e. The molecule has 9 heteroatoms. The highest BCUT2D eigenvalue weighted by atomic mass is 35.5. The third-order valence-corrected chi connectivity index (χ3v) is 3.68. The molecule has 1 atom stereocenters. The number of carbonyl (C=O) groups excluding carboxylic acids is 2. The fourth-order valence-corrected chi connectivity index (χ4v) is 2.24. The Morgan fingerprint density at radius 2 is 1.81 bits per heavy atom. The molecule has 2 aromatic rings. The van der Waals surface area contributed by atoms with Gasteiger partial charge in [0.25, 0.3) is 17.5 Å². The van der Waals surface area contributed by atoms with Crippen LogP contribution in [0.1, 0.15) is 22.8 Å². The van der Waals surface area contributed by atoms with Gasteiger partial charge in [0.05, 0.1) is 4.92 Å². The molecule has 0 saturated heterocycles. The maximum atomic E-state index is 12.0. The van der Waals surface area contributed by atoms with Gasteiger partial charge in [0.1, 0.15) is 5.75 Å².